The van der Waals surface area contributed by atoms with Crippen LogP contribution in [0.15, 0.2) is 18.2 Å². The fraction of sp³-hybridized carbons (Fsp3) is 0.462. The minimum Gasteiger partial charge on any atom is -0.493 e. The quantitative estimate of drug-likeness (QED) is 0.778. The molecule has 1 aromatic carbocycles. The lowest BCUT2D eigenvalue weighted by Gasteiger charge is -2.12. The van der Waals surface area contributed by atoms with E-state index in [-0.39, 0.29) is 5.92 Å². The highest BCUT2D eigenvalue weighted by Gasteiger charge is 2.32. The maximum atomic E-state index is 9.16. The first-order valence-electron chi connectivity index (χ1n) is 5.41. The van der Waals surface area contributed by atoms with Crippen LogP contribution >= 0.6 is 0 Å². The number of nitrogens with zero attached hydrogens (tertiary/aromatic N) is 1. The molecule has 0 heterocycles. The number of hydrogen-bond donors (Lipinski definition) is 0. The van der Waals surface area contributed by atoms with Crippen LogP contribution < -0.4 is 9.47 Å². The van der Waals surface area contributed by atoms with Gasteiger partial charge in [0.05, 0.1) is 26.2 Å². The molecule has 0 radical (unpaired) electrons. The highest BCUT2D eigenvalue weighted by molar-refractivity contribution is 5.45. The molecule has 0 bridgehead atoms. The van der Waals surface area contributed by atoms with Gasteiger partial charge in [-0.15, -0.1) is 0 Å². The average molecular weight is 217 g/mol. The van der Waals surface area contributed by atoms with Gasteiger partial charge in [-0.3, -0.25) is 0 Å². The second-order valence-electron chi connectivity index (χ2n) is 4.06. The molecule has 0 amide bonds. The van der Waals surface area contributed by atoms with Gasteiger partial charge in [-0.25, -0.2) is 0 Å². The number of methoxy groups -OCH3 is 2. The Kier molecular flexibility index (Phi) is 3.00. The third kappa shape index (κ3) is 1.96. The van der Waals surface area contributed by atoms with Gasteiger partial charge in [0.1, 0.15) is 0 Å². The zero-order chi connectivity index (χ0) is 11.5. The summed E-state index contributed by atoms with van der Waals surface area (Å²) in [5, 5.41) is 9.16. The lowest BCUT2D eigenvalue weighted by molar-refractivity contribution is 0.354. The molecule has 1 unspecified atom stereocenters. The molecule has 0 saturated heterocycles. The number of benzene rings is 1. The Balaban J connectivity index is 2.31. The summed E-state index contributed by atoms with van der Waals surface area (Å²) in [4.78, 5) is 0. The minimum atomic E-state index is -0.000180. The lowest BCUT2D eigenvalue weighted by Crippen LogP contribution is -1.99. The van der Waals surface area contributed by atoms with Crippen LogP contribution in [0.1, 0.15) is 24.3 Å². The normalized spacial score (nSPS) is 16.3. The van der Waals surface area contributed by atoms with E-state index in [2.05, 4.69) is 6.07 Å². The SMILES string of the molecule is COc1ccc(C(C#N)C2CC2)cc1OC. The van der Waals surface area contributed by atoms with Gasteiger partial charge in [-0.1, -0.05) is 6.07 Å². The Bertz CT molecular complexity index is 418. The minimum absolute atomic E-state index is 0.000180. The van der Waals surface area contributed by atoms with Crippen molar-refractivity contribution >= 4 is 0 Å². The molecule has 16 heavy (non-hydrogen) atoms. The van der Waals surface area contributed by atoms with Crippen molar-refractivity contribution in [2.75, 3.05) is 14.2 Å². The molecule has 0 aromatic heterocycles. The molecule has 84 valence electrons. The summed E-state index contributed by atoms with van der Waals surface area (Å²) in [6.45, 7) is 0. The van der Waals surface area contributed by atoms with E-state index >= 15 is 0 Å². The van der Waals surface area contributed by atoms with E-state index in [0.29, 0.717) is 17.4 Å². The standard InChI is InChI=1S/C13H15NO2/c1-15-12-6-5-10(7-13(12)16-2)11(8-14)9-3-4-9/h5-7,9,11H,3-4H2,1-2H3. The lowest BCUT2D eigenvalue weighted by atomic mass is 9.95. The summed E-state index contributed by atoms with van der Waals surface area (Å²) in [6.07, 6.45) is 2.32. The van der Waals surface area contributed by atoms with Crippen LogP contribution in [-0.2, 0) is 0 Å². The van der Waals surface area contributed by atoms with Crippen molar-refractivity contribution in [2.45, 2.75) is 18.8 Å². The van der Waals surface area contributed by atoms with E-state index in [9.17, 15) is 0 Å². The van der Waals surface area contributed by atoms with Gasteiger partial charge >= 0.3 is 0 Å². The summed E-state index contributed by atoms with van der Waals surface area (Å²) < 4.78 is 10.4. The number of rotatable bonds is 4. The van der Waals surface area contributed by atoms with Crippen molar-refractivity contribution in [3.8, 4) is 17.6 Å². The van der Waals surface area contributed by atoms with Gasteiger partial charge in [0.2, 0.25) is 0 Å². The van der Waals surface area contributed by atoms with Crippen LogP contribution in [0.4, 0.5) is 0 Å². The molecule has 0 N–H and O–H groups in total. The highest BCUT2D eigenvalue weighted by Crippen LogP contribution is 2.43. The molecule has 1 atom stereocenters. The molecule has 0 spiro atoms. The first-order valence-corrected chi connectivity index (χ1v) is 5.41. The topological polar surface area (TPSA) is 42.2 Å². The number of nitriles is 1. The molecule has 3 nitrogen and oxygen atoms in total. The summed E-state index contributed by atoms with van der Waals surface area (Å²) >= 11 is 0. The van der Waals surface area contributed by atoms with E-state index in [0.717, 1.165) is 18.4 Å². The van der Waals surface area contributed by atoms with Gasteiger partial charge in [0.15, 0.2) is 11.5 Å². The van der Waals surface area contributed by atoms with Crippen molar-refractivity contribution in [1.29, 1.82) is 5.26 Å². The van der Waals surface area contributed by atoms with Crippen molar-refractivity contribution in [3.63, 3.8) is 0 Å². The van der Waals surface area contributed by atoms with Crippen molar-refractivity contribution in [3.05, 3.63) is 23.8 Å². The Labute approximate surface area is 95.6 Å². The fourth-order valence-electron chi connectivity index (χ4n) is 1.93. The smallest absolute Gasteiger partial charge is 0.161 e. The van der Waals surface area contributed by atoms with Crippen molar-refractivity contribution in [1.82, 2.24) is 0 Å². The van der Waals surface area contributed by atoms with Crippen molar-refractivity contribution < 1.29 is 9.47 Å². The van der Waals surface area contributed by atoms with E-state index < -0.39 is 0 Å². The maximum absolute atomic E-state index is 9.16. The highest BCUT2D eigenvalue weighted by atomic mass is 16.5. The second kappa shape index (κ2) is 4.44. The van der Waals surface area contributed by atoms with Crippen LogP contribution in [0.3, 0.4) is 0 Å². The van der Waals surface area contributed by atoms with Crippen LogP contribution in [0.2, 0.25) is 0 Å². The Morgan fingerprint density at radius 2 is 1.94 bits per heavy atom. The van der Waals surface area contributed by atoms with Gasteiger partial charge in [-0.05, 0) is 36.5 Å². The second-order valence-corrected chi connectivity index (χ2v) is 4.06. The summed E-state index contributed by atoms with van der Waals surface area (Å²) in [6, 6.07) is 8.09. The fourth-order valence-corrected chi connectivity index (χ4v) is 1.93. The Morgan fingerprint density at radius 3 is 2.44 bits per heavy atom. The third-order valence-electron chi connectivity index (χ3n) is 3.00. The molecule has 1 aliphatic carbocycles. The number of ether oxygens (including phenoxy) is 2. The Hall–Kier alpha value is -1.69. The number of hydrogen-bond acceptors (Lipinski definition) is 3. The van der Waals surface area contributed by atoms with E-state index in [1.54, 1.807) is 14.2 Å². The molecule has 2 rings (SSSR count). The first-order chi connectivity index (χ1) is 7.80. The van der Waals surface area contributed by atoms with Crippen LogP contribution in [0.5, 0.6) is 11.5 Å². The van der Waals surface area contributed by atoms with Crippen molar-refractivity contribution in [2.24, 2.45) is 5.92 Å². The van der Waals surface area contributed by atoms with Gasteiger partial charge in [0.25, 0.3) is 0 Å². The molecule has 0 aliphatic heterocycles. The van der Waals surface area contributed by atoms with Crippen LogP contribution in [0.25, 0.3) is 0 Å². The molecule has 1 fully saturated rings. The summed E-state index contributed by atoms with van der Waals surface area (Å²) in [7, 11) is 3.22. The Morgan fingerprint density at radius 1 is 1.25 bits per heavy atom. The van der Waals surface area contributed by atoms with E-state index in [4.69, 9.17) is 14.7 Å². The summed E-state index contributed by atoms with van der Waals surface area (Å²) in [5.41, 5.74) is 1.03. The molecule has 1 aromatic rings. The molecular formula is C13H15NO2. The monoisotopic (exact) mass is 217 g/mol. The van der Waals surface area contributed by atoms with Crippen LogP contribution in [-0.4, -0.2) is 14.2 Å². The predicted molar refractivity (Wildman–Crippen MR) is 60.6 cm³/mol. The first kappa shape index (κ1) is 10.8. The zero-order valence-corrected chi connectivity index (χ0v) is 9.56. The van der Waals surface area contributed by atoms with E-state index in [1.165, 1.54) is 0 Å². The molecule has 1 aliphatic rings. The largest absolute Gasteiger partial charge is 0.493 e. The average Bonchev–Trinajstić information content (AvgIpc) is 3.14. The maximum Gasteiger partial charge on any atom is 0.161 e. The predicted octanol–water partition coefficient (Wildman–Crippen LogP) is 2.72. The molecular weight excluding hydrogens is 202 g/mol. The zero-order valence-electron chi connectivity index (χ0n) is 9.56. The van der Waals surface area contributed by atoms with Crippen LogP contribution in [0, 0.1) is 17.2 Å². The van der Waals surface area contributed by atoms with Gasteiger partial charge in [0, 0.05) is 0 Å². The molecule has 1 saturated carbocycles. The van der Waals surface area contributed by atoms with E-state index in [1.807, 2.05) is 18.2 Å². The molecule has 3 heteroatoms. The van der Waals surface area contributed by atoms with Gasteiger partial charge < -0.3 is 9.47 Å². The third-order valence-corrected chi connectivity index (χ3v) is 3.00. The van der Waals surface area contributed by atoms with Gasteiger partial charge in [-0.2, -0.15) is 5.26 Å². The summed E-state index contributed by atoms with van der Waals surface area (Å²) in [5.74, 6) is 1.93.